The molecule has 98 valence electrons. The van der Waals surface area contributed by atoms with Crippen molar-refractivity contribution in [3.63, 3.8) is 0 Å². The Morgan fingerprint density at radius 2 is 2.28 bits per heavy atom. The van der Waals surface area contributed by atoms with Crippen molar-refractivity contribution < 1.29 is 19.0 Å². The lowest BCUT2D eigenvalue weighted by atomic mass is 9.98. The van der Waals surface area contributed by atoms with E-state index in [0.717, 1.165) is 19.4 Å². The van der Waals surface area contributed by atoms with Gasteiger partial charge in [0.2, 0.25) is 0 Å². The molecule has 0 aliphatic carbocycles. The van der Waals surface area contributed by atoms with Crippen LogP contribution in [0.25, 0.3) is 0 Å². The maximum Gasteiger partial charge on any atom is 0.373 e. The Kier molecular flexibility index (Phi) is 3.93. The van der Waals surface area contributed by atoms with Crippen LogP contribution in [-0.4, -0.2) is 19.6 Å². The van der Waals surface area contributed by atoms with E-state index in [-0.39, 0.29) is 17.4 Å². The van der Waals surface area contributed by atoms with Gasteiger partial charge in [-0.05, 0) is 37.9 Å². The summed E-state index contributed by atoms with van der Waals surface area (Å²) in [5, 5.41) is 3.23. The van der Waals surface area contributed by atoms with Gasteiger partial charge >= 0.3 is 5.97 Å². The highest BCUT2D eigenvalue weighted by Crippen LogP contribution is 2.28. The van der Waals surface area contributed by atoms with Crippen molar-refractivity contribution >= 4 is 5.97 Å². The van der Waals surface area contributed by atoms with Crippen molar-refractivity contribution in [1.82, 2.24) is 5.32 Å². The van der Waals surface area contributed by atoms with Gasteiger partial charge in [-0.3, -0.25) is 4.89 Å². The quantitative estimate of drug-likeness (QED) is 0.663. The molecule has 0 bridgehead atoms. The van der Waals surface area contributed by atoms with Crippen LogP contribution in [0.2, 0.25) is 0 Å². The molecule has 18 heavy (non-hydrogen) atoms. The van der Waals surface area contributed by atoms with E-state index in [1.807, 2.05) is 0 Å². The maximum atomic E-state index is 14.2. The van der Waals surface area contributed by atoms with Crippen LogP contribution in [0.5, 0.6) is 0 Å². The van der Waals surface area contributed by atoms with Gasteiger partial charge < -0.3 is 5.32 Å². The molecule has 1 aromatic carbocycles. The van der Waals surface area contributed by atoms with Crippen LogP contribution in [0.15, 0.2) is 12.1 Å². The second-order valence-corrected chi connectivity index (χ2v) is 4.33. The number of carbonyl (C=O) groups excluding carboxylic acids is 1. The normalized spacial score (nSPS) is 18.9. The zero-order chi connectivity index (χ0) is 13.1. The van der Waals surface area contributed by atoms with E-state index in [2.05, 4.69) is 15.1 Å². The summed E-state index contributed by atoms with van der Waals surface area (Å²) in [6.07, 6.45) is 1.95. The Bertz CT molecular complexity index is 456. The SMILES string of the molecule is COOC(=O)c1ccc(C2CCCN2)c(F)c1C. The number of rotatable bonds is 3. The molecule has 1 aliphatic rings. The molecule has 5 heteroatoms. The molecule has 1 atom stereocenters. The van der Waals surface area contributed by atoms with Crippen molar-refractivity contribution in [2.24, 2.45) is 0 Å². The molecule has 1 aliphatic heterocycles. The summed E-state index contributed by atoms with van der Waals surface area (Å²) >= 11 is 0. The molecular formula is C13H16FNO3. The second kappa shape index (κ2) is 5.46. The van der Waals surface area contributed by atoms with Gasteiger partial charge in [0.15, 0.2) is 0 Å². The largest absolute Gasteiger partial charge is 0.373 e. The highest BCUT2D eigenvalue weighted by atomic mass is 19.1. The molecule has 0 saturated carbocycles. The number of hydrogen-bond donors (Lipinski definition) is 1. The summed E-state index contributed by atoms with van der Waals surface area (Å²) in [6.45, 7) is 2.47. The van der Waals surface area contributed by atoms with Crippen LogP contribution in [0, 0.1) is 12.7 Å². The average molecular weight is 253 g/mol. The number of nitrogens with one attached hydrogen (secondary N) is 1. The summed E-state index contributed by atoms with van der Waals surface area (Å²) in [4.78, 5) is 20.2. The van der Waals surface area contributed by atoms with Gasteiger partial charge in [0.05, 0.1) is 12.7 Å². The van der Waals surface area contributed by atoms with Gasteiger partial charge in [0.1, 0.15) is 5.82 Å². The van der Waals surface area contributed by atoms with Gasteiger partial charge in [-0.1, -0.05) is 6.07 Å². The van der Waals surface area contributed by atoms with Crippen molar-refractivity contribution in [2.45, 2.75) is 25.8 Å². The van der Waals surface area contributed by atoms with Crippen LogP contribution >= 0.6 is 0 Å². The van der Waals surface area contributed by atoms with Crippen LogP contribution in [0.1, 0.15) is 40.4 Å². The van der Waals surface area contributed by atoms with E-state index in [0.29, 0.717) is 11.1 Å². The third kappa shape index (κ3) is 2.37. The van der Waals surface area contributed by atoms with Gasteiger partial charge in [-0.15, -0.1) is 0 Å². The molecule has 2 rings (SSSR count). The van der Waals surface area contributed by atoms with Crippen LogP contribution < -0.4 is 5.32 Å². The first-order valence-electron chi connectivity index (χ1n) is 5.92. The van der Waals surface area contributed by atoms with Crippen molar-refractivity contribution in [3.05, 3.63) is 34.6 Å². The van der Waals surface area contributed by atoms with Crippen LogP contribution in [0.3, 0.4) is 0 Å². The zero-order valence-electron chi connectivity index (χ0n) is 10.5. The van der Waals surface area contributed by atoms with Crippen molar-refractivity contribution in [1.29, 1.82) is 0 Å². The monoisotopic (exact) mass is 253 g/mol. The topological polar surface area (TPSA) is 47.6 Å². The molecule has 0 spiro atoms. The molecule has 4 nitrogen and oxygen atoms in total. The van der Waals surface area contributed by atoms with E-state index >= 15 is 0 Å². The highest BCUT2D eigenvalue weighted by molar-refractivity contribution is 5.90. The van der Waals surface area contributed by atoms with E-state index in [1.165, 1.54) is 7.11 Å². The first kappa shape index (κ1) is 13.0. The molecule has 0 aromatic heterocycles. The zero-order valence-corrected chi connectivity index (χ0v) is 10.5. The molecule has 0 amide bonds. The highest BCUT2D eigenvalue weighted by Gasteiger charge is 2.23. The van der Waals surface area contributed by atoms with Crippen LogP contribution in [0.4, 0.5) is 4.39 Å². The number of benzene rings is 1. The van der Waals surface area contributed by atoms with E-state index in [1.54, 1.807) is 19.1 Å². The first-order chi connectivity index (χ1) is 8.65. The van der Waals surface area contributed by atoms with Gasteiger partial charge in [0, 0.05) is 11.6 Å². The first-order valence-corrected chi connectivity index (χ1v) is 5.92. The van der Waals surface area contributed by atoms with Gasteiger partial charge in [-0.25, -0.2) is 9.18 Å². The molecule has 1 aromatic rings. The standard InChI is InChI=1S/C13H16FNO3/c1-8-9(13(16)18-17-2)5-6-10(12(8)14)11-4-3-7-15-11/h5-6,11,15H,3-4,7H2,1-2H3. The second-order valence-electron chi connectivity index (χ2n) is 4.33. The summed E-state index contributed by atoms with van der Waals surface area (Å²) < 4.78 is 14.2. The van der Waals surface area contributed by atoms with Gasteiger partial charge in [0.25, 0.3) is 0 Å². The van der Waals surface area contributed by atoms with Crippen molar-refractivity contribution in [2.75, 3.05) is 13.7 Å². The Morgan fingerprint density at radius 3 is 2.89 bits per heavy atom. The summed E-state index contributed by atoms with van der Waals surface area (Å²) in [5.74, 6) is -1.03. The third-order valence-electron chi connectivity index (χ3n) is 3.23. The smallest absolute Gasteiger partial charge is 0.310 e. The number of carbonyl (C=O) groups is 1. The van der Waals surface area contributed by atoms with Crippen LogP contribution in [-0.2, 0) is 9.78 Å². The number of halogens is 1. The predicted octanol–water partition coefficient (Wildman–Crippen LogP) is 2.28. The van der Waals surface area contributed by atoms with E-state index in [4.69, 9.17) is 0 Å². The fourth-order valence-corrected chi connectivity index (χ4v) is 2.27. The molecule has 1 heterocycles. The summed E-state index contributed by atoms with van der Waals surface area (Å²) in [7, 11) is 1.24. The Hall–Kier alpha value is -1.46. The lowest BCUT2D eigenvalue weighted by Gasteiger charge is -2.14. The maximum absolute atomic E-state index is 14.2. The Morgan fingerprint density at radius 1 is 1.50 bits per heavy atom. The molecule has 1 saturated heterocycles. The van der Waals surface area contributed by atoms with E-state index in [9.17, 15) is 9.18 Å². The lowest BCUT2D eigenvalue weighted by molar-refractivity contribution is -0.216. The molecular weight excluding hydrogens is 237 g/mol. The minimum Gasteiger partial charge on any atom is -0.310 e. The minimum atomic E-state index is -0.681. The average Bonchev–Trinajstić information content (AvgIpc) is 2.86. The predicted molar refractivity (Wildman–Crippen MR) is 63.5 cm³/mol. The Labute approximate surface area is 105 Å². The van der Waals surface area contributed by atoms with Crippen molar-refractivity contribution in [3.8, 4) is 0 Å². The summed E-state index contributed by atoms with van der Waals surface area (Å²) in [5.41, 5.74) is 1.10. The Balaban J connectivity index is 2.31. The number of hydrogen-bond acceptors (Lipinski definition) is 4. The van der Waals surface area contributed by atoms with Gasteiger partial charge in [-0.2, -0.15) is 4.89 Å². The minimum absolute atomic E-state index is 0.0381. The molecule has 1 fully saturated rings. The fourth-order valence-electron chi connectivity index (χ4n) is 2.27. The lowest BCUT2D eigenvalue weighted by Crippen LogP contribution is -2.16. The van der Waals surface area contributed by atoms with E-state index < -0.39 is 5.97 Å². The third-order valence-corrected chi connectivity index (χ3v) is 3.23. The summed E-state index contributed by atoms with van der Waals surface area (Å²) in [6, 6.07) is 3.25. The molecule has 0 radical (unpaired) electrons. The molecule has 1 N–H and O–H groups in total. The fraction of sp³-hybridized carbons (Fsp3) is 0.462. The molecule has 1 unspecified atom stereocenters.